The molecular formula is C12H14N2O2. The van der Waals surface area contributed by atoms with Crippen molar-refractivity contribution < 1.29 is 9.59 Å². The van der Waals surface area contributed by atoms with E-state index in [2.05, 4.69) is 10.6 Å². The van der Waals surface area contributed by atoms with Gasteiger partial charge in [-0.3, -0.25) is 9.59 Å². The molecule has 84 valence electrons. The molecule has 0 heterocycles. The van der Waals surface area contributed by atoms with Crippen LogP contribution in [-0.2, 0) is 4.79 Å². The van der Waals surface area contributed by atoms with Gasteiger partial charge in [0.05, 0.1) is 0 Å². The number of benzene rings is 1. The third-order valence-corrected chi connectivity index (χ3v) is 2.07. The molecule has 0 saturated heterocycles. The van der Waals surface area contributed by atoms with Gasteiger partial charge >= 0.3 is 0 Å². The van der Waals surface area contributed by atoms with E-state index >= 15 is 0 Å². The second-order valence-corrected chi connectivity index (χ2v) is 3.15. The van der Waals surface area contributed by atoms with Crippen LogP contribution in [0.25, 0.3) is 6.08 Å². The van der Waals surface area contributed by atoms with Gasteiger partial charge in [0.2, 0.25) is 5.91 Å². The average molecular weight is 218 g/mol. The molecular weight excluding hydrogens is 204 g/mol. The van der Waals surface area contributed by atoms with Gasteiger partial charge < -0.3 is 10.6 Å². The van der Waals surface area contributed by atoms with Crippen molar-refractivity contribution in [3.8, 4) is 0 Å². The lowest BCUT2D eigenvalue weighted by atomic mass is 10.1. The Kier molecular flexibility index (Phi) is 4.27. The number of amides is 2. The summed E-state index contributed by atoms with van der Waals surface area (Å²) >= 11 is 0. The number of nitrogens with one attached hydrogen (secondary N) is 2. The van der Waals surface area contributed by atoms with Crippen molar-refractivity contribution >= 4 is 17.9 Å². The first-order valence-electron chi connectivity index (χ1n) is 4.89. The van der Waals surface area contributed by atoms with Gasteiger partial charge in [0.15, 0.2) is 0 Å². The van der Waals surface area contributed by atoms with Crippen LogP contribution in [0.15, 0.2) is 30.3 Å². The molecule has 0 spiro atoms. The van der Waals surface area contributed by atoms with Gasteiger partial charge in [-0.1, -0.05) is 12.1 Å². The van der Waals surface area contributed by atoms with Crippen molar-refractivity contribution in [2.75, 3.05) is 14.1 Å². The minimum absolute atomic E-state index is 0.123. The van der Waals surface area contributed by atoms with E-state index < -0.39 is 0 Å². The molecule has 0 aliphatic rings. The predicted octanol–water partition coefficient (Wildman–Crippen LogP) is 0.805. The summed E-state index contributed by atoms with van der Waals surface area (Å²) in [6, 6.07) is 6.98. The van der Waals surface area contributed by atoms with Crippen LogP contribution in [-0.4, -0.2) is 25.9 Å². The summed E-state index contributed by atoms with van der Waals surface area (Å²) in [5.41, 5.74) is 1.47. The molecule has 0 bridgehead atoms. The fraction of sp³-hybridized carbons (Fsp3) is 0.167. The number of hydrogen-bond acceptors (Lipinski definition) is 2. The van der Waals surface area contributed by atoms with Gasteiger partial charge in [0.1, 0.15) is 0 Å². The summed E-state index contributed by atoms with van der Waals surface area (Å²) < 4.78 is 0. The fourth-order valence-corrected chi connectivity index (χ4v) is 1.15. The Morgan fingerprint density at radius 1 is 1.06 bits per heavy atom. The van der Waals surface area contributed by atoms with Crippen LogP contribution < -0.4 is 10.6 Å². The maximum absolute atomic E-state index is 11.2. The van der Waals surface area contributed by atoms with Crippen LogP contribution >= 0.6 is 0 Å². The molecule has 0 fully saturated rings. The van der Waals surface area contributed by atoms with Crippen molar-refractivity contribution in [2.24, 2.45) is 0 Å². The smallest absolute Gasteiger partial charge is 0.251 e. The molecule has 1 aromatic rings. The lowest BCUT2D eigenvalue weighted by Gasteiger charge is -1.99. The van der Waals surface area contributed by atoms with E-state index in [-0.39, 0.29) is 11.8 Å². The first-order chi connectivity index (χ1) is 7.67. The van der Waals surface area contributed by atoms with Gasteiger partial charge in [-0.05, 0) is 23.8 Å². The van der Waals surface area contributed by atoms with E-state index in [0.29, 0.717) is 5.56 Å². The van der Waals surface area contributed by atoms with Gasteiger partial charge in [0.25, 0.3) is 5.91 Å². The molecule has 0 aliphatic carbocycles. The summed E-state index contributed by atoms with van der Waals surface area (Å²) in [7, 11) is 3.16. The third kappa shape index (κ3) is 3.24. The molecule has 0 saturated carbocycles. The van der Waals surface area contributed by atoms with Crippen LogP contribution in [0.1, 0.15) is 15.9 Å². The third-order valence-electron chi connectivity index (χ3n) is 2.07. The molecule has 0 atom stereocenters. The average Bonchev–Trinajstić information content (AvgIpc) is 2.35. The largest absolute Gasteiger partial charge is 0.356 e. The molecule has 2 amide bonds. The Balaban J connectivity index is 2.75. The van der Waals surface area contributed by atoms with Crippen molar-refractivity contribution in [2.45, 2.75) is 0 Å². The first kappa shape index (κ1) is 12.0. The number of hydrogen-bond donors (Lipinski definition) is 2. The van der Waals surface area contributed by atoms with E-state index in [0.717, 1.165) is 5.56 Å². The normalized spacial score (nSPS) is 10.1. The quantitative estimate of drug-likeness (QED) is 0.737. The van der Waals surface area contributed by atoms with Crippen LogP contribution in [0, 0.1) is 0 Å². The second kappa shape index (κ2) is 5.70. The molecule has 0 radical (unpaired) electrons. The van der Waals surface area contributed by atoms with Crippen molar-refractivity contribution in [1.82, 2.24) is 10.6 Å². The summed E-state index contributed by atoms with van der Waals surface area (Å²) in [5.74, 6) is -0.280. The fourth-order valence-electron chi connectivity index (χ4n) is 1.15. The second-order valence-electron chi connectivity index (χ2n) is 3.15. The van der Waals surface area contributed by atoms with Crippen LogP contribution in [0.3, 0.4) is 0 Å². The highest BCUT2D eigenvalue weighted by molar-refractivity contribution is 5.94. The van der Waals surface area contributed by atoms with Gasteiger partial charge in [-0.25, -0.2) is 0 Å². The van der Waals surface area contributed by atoms with Crippen LogP contribution in [0.2, 0.25) is 0 Å². The zero-order valence-corrected chi connectivity index (χ0v) is 9.28. The molecule has 1 rings (SSSR count). The maximum Gasteiger partial charge on any atom is 0.251 e. The molecule has 4 nitrogen and oxygen atoms in total. The molecule has 0 aliphatic heterocycles. The minimum Gasteiger partial charge on any atom is -0.356 e. The van der Waals surface area contributed by atoms with Crippen LogP contribution in [0.5, 0.6) is 0 Å². The molecule has 2 N–H and O–H groups in total. The maximum atomic E-state index is 11.2. The molecule has 0 aromatic heterocycles. The summed E-state index contributed by atoms with van der Waals surface area (Å²) in [6.07, 6.45) is 3.13. The zero-order chi connectivity index (χ0) is 12.0. The van der Waals surface area contributed by atoms with Gasteiger partial charge in [0, 0.05) is 25.7 Å². The molecule has 0 unspecified atom stereocenters. The number of carbonyl (C=O) groups excluding carboxylic acids is 2. The SMILES string of the molecule is CNC(=O)/C=C\c1ccc(C(=O)NC)cc1. The van der Waals surface area contributed by atoms with Gasteiger partial charge in [-0.15, -0.1) is 0 Å². The highest BCUT2D eigenvalue weighted by Crippen LogP contribution is 2.05. The Morgan fingerprint density at radius 2 is 1.69 bits per heavy atom. The molecule has 16 heavy (non-hydrogen) atoms. The Labute approximate surface area is 94.4 Å². The summed E-state index contributed by atoms with van der Waals surface area (Å²) in [4.78, 5) is 22.2. The van der Waals surface area contributed by atoms with E-state index in [9.17, 15) is 9.59 Å². The number of likely N-dealkylation sites (N-methyl/N-ethyl adjacent to an activating group) is 1. The summed E-state index contributed by atoms with van der Waals surface area (Å²) in [6.45, 7) is 0. The lowest BCUT2D eigenvalue weighted by Crippen LogP contribution is -2.17. The molecule has 1 aromatic carbocycles. The number of carbonyl (C=O) groups is 2. The van der Waals surface area contributed by atoms with E-state index in [1.165, 1.54) is 6.08 Å². The molecule has 4 heteroatoms. The summed E-state index contributed by atoms with van der Waals surface area (Å²) in [5, 5.41) is 5.02. The van der Waals surface area contributed by atoms with E-state index in [1.54, 1.807) is 44.4 Å². The Bertz CT molecular complexity index is 408. The highest BCUT2D eigenvalue weighted by Gasteiger charge is 2.00. The zero-order valence-electron chi connectivity index (χ0n) is 9.28. The van der Waals surface area contributed by atoms with Gasteiger partial charge in [-0.2, -0.15) is 0 Å². The number of rotatable bonds is 3. The topological polar surface area (TPSA) is 58.2 Å². The van der Waals surface area contributed by atoms with E-state index in [1.807, 2.05) is 0 Å². The standard InChI is InChI=1S/C12H14N2O2/c1-13-11(15)8-5-9-3-6-10(7-4-9)12(16)14-2/h3-8H,1-2H3,(H,13,15)(H,14,16)/b8-5-. The van der Waals surface area contributed by atoms with Crippen molar-refractivity contribution in [3.63, 3.8) is 0 Å². The lowest BCUT2D eigenvalue weighted by molar-refractivity contribution is -0.115. The first-order valence-corrected chi connectivity index (χ1v) is 4.89. The highest BCUT2D eigenvalue weighted by atomic mass is 16.2. The predicted molar refractivity (Wildman–Crippen MR) is 62.9 cm³/mol. The minimum atomic E-state index is -0.157. The Morgan fingerprint density at radius 3 is 2.19 bits per heavy atom. The Hall–Kier alpha value is -2.10. The van der Waals surface area contributed by atoms with E-state index in [4.69, 9.17) is 0 Å². The monoisotopic (exact) mass is 218 g/mol. The van der Waals surface area contributed by atoms with Crippen LogP contribution in [0.4, 0.5) is 0 Å². The van der Waals surface area contributed by atoms with Crippen molar-refractivity contribution in [3.05, 3.63) is 41.5 Å². The van der Waals surface area contributed by atoms with Crippen molar-refractivity contribution in [1.29, 1.82) is 0 Å².